The van der Waals surface area contributed by atoms with Crippen LogP contribution in [0.25, 0.3) is 0 Å². The number of rotatable bonds is 5. The first-order chi connectivity index (χ1) is 9.85. The third-order valence-corrected chi connectivity index (χ3v) is 3.24. The summed E-state index contributed by atoms with van der Waals surface area (Å²) in [5.74, 6) is -0.0854. The molecule has 0 unspecified atom stereocenters. The fourth-order valence-corrected chi connectivity index (χ4v) is 2.04. The number of nitrogens with one attached hydrogen (secondary N) is 2. The fourth-order valence-electron chi connectivity index (χ4n) is 2.04. The SMILES string of the molecule is CCC[C@H](C)NC(=O)Nc1cc(C(=O)N(C)C)ccc1C. The molecular weight excluding hydrogens is 266 g/mol. The van der Waals surface area contributed by atoms with Gasteiger partial charge in [0.2, 0.25) is 0 Å². The lowest BCUT2D eigenvalue weighted by Gasteiger charge is -2.16. The normalized spacial score (nSPS) is 11.7. The lowest BCUT2D eigenvalue weighted by atomic mass is 10.1. The van der Waals surface area contributed by atoms with Crippen molar-refractivity contribution in [2.75, 3.05) is 19.4 Å². The Hall–Kier alpha value is -2.04. The predicted octanol–water partition coefficient (Wildman–Crippen LogP) is 3.01. The Bertz CT molecular complexity index is 512. The summed E-state index contributed by atoms with van der Waals surface area (Å²) < 4.78 is 0. The molecule has 5 heteroatoms. The van der Waals surface area contributed by atoms with Crippen LogP contribution in [0.2, 0.25) is 0 Å². The molecule has 0 saturated heterocycles. The lowest BCUT2D eigenvalue weighted by Crippen LogP contribution is -2.36. The zero-order valence-corrected chi connectivity index (χ0v) is 13.5. The largest absolute Gasteiger partial charge is 0.345 e. The summed E-state index contributed by atoms with van der Waals surface area (Å²) in [5.41, 5.74) is 2.13. The Balaban J connectivity index is 2.80. The second-order valence-electron chi connectivity index (χ2n) is 5.52. The molecule has 0 aromatic heterocycles. The molecule has 0 bridgehead atoms. The summed E-state index contributed by atoms with van der Waals surface area (Å²) in [6.07, 6.45) is 1.96. The van der Waals surface area contributed by atoms with Crippen LogP contribution in [0, 0.1) is 6.92 Å². The van der Waals surface area contributed by atoms with E-state index in [-0.39, 0.29) is 18.0 Å². The van der Waals surface area contributed by atoms with Gasteiger partial charge in [-0.15, -0.1) is 0 Å². The van der Waals surface area contributed by atoms with Crippen LogP contribution in [-0.4, -0.2) is 37.0 Å². The van der Waals surface area contributed by atoms with E-state index in [0.29, 0.717) is 11.3 Å². The zero-order chi connectivity index (χ0) is 16.0. The van der Waals surface area contributed by atoms with E-state index in [2.05, 4.69) is 17.6 Å². The topological polar surface area (TPSA) is 61.4 Å². The van der Waals surface area contributed by atoms with Crippen molar-refractivity contribution >= 4 is 17.6 Å². The van der Waals surface area contributed by atoms with Crippen LogP contribution in [0.1, 0.15) is 42.6 Å². The molecule has 0 saturated carbocycles. The molecule has 1 rings (SSSR count). The van der Waals surface area contributed by atoms with Gasteiger partial charge in [-0.25, -0.2) is 4.79 Å². The molecule has 0 heterocycles. The molecule has 0 spiro atoms. The minimum absolute atomic E-state index is 0.0854. The second kappa shape index (κ2) is 7.67. The van der Waals surface area contributed by atoms with Crippen molar-refractivity contribution in [3.8, 4) is 0 Å². The maximum absolute atomic E-state index is 12.0. The first kappa shape index (κ1) is 17.0. The van der Waals surface area contributed by atoms with Crippen LogP contribution in [0.3, 0.4) is 0 Å². The minimum atomic E-state index is -0.242. The van der Waals surface area contributed by atoms with Gasteiger partial charge in [0.05, 0.1) is 0 Å². The van der Waals surface area contributed by atoms with E-state index in [1.807, 2.05) is 19.9 Å². The van der Waals surface area contributed by atoms with Crippen molar-refractivity contribution in [3.63, 3.8) is 0 Å². The molecule has 1 atom stereocenters. The first-order valence-electron chi connectivity index (χ1n) is 7.25. The summed E-state index contributed by atoms with van der Waals surface area (Å²) in [5, 5.41) is 5.70. The highest BCUT2D eigenvalue weighted by Crippen LogP contribution is 2.17. The molecule has 1 aromatic carbocycles. The summed E-state index contributed by atoms with van der Waals surface area (Å²) in [4.78, 5) is 25.4. The number of urea groups is 1. The van der Waals surface area contributed by atoms with E-state index in [9.17, 15) is 9.59 Å². The van der Waals surface area contributed by atoms with Gasteiger partial charge in [0.25, 0.3) is 5.91 Å². The average Bonchev–Trinajstić information content (AvgIpc) is 2.40. The Morgan fingerprint density at radius 2 is 1.95 bits per heavy atom. The quantitative estimate of drug-likeness (QED) is 0.876. The summed E-state index contributed by atoms with van der Waals surface area (Å²) in [6.45, 7) is 5.95. The van der Waals surface area contributed by atoms with Gasteiger partial charge in [-0.3, -0.25) is 4.79 Å². The Kier molecular flexibility index (Phi) is 6.21. The van der Waals surface area contributed by atoms with Crippen LogP contribution < -0.4 is 10.6 Å². The summed E-state index contributed by atoms with van der Waals surface area (Å²) in [7, 11) is 3.41. The predicted molar refractivity (Wildman–Crippen MR) is 85.7 cm³/mol. The Morgan fingerprint density at radius 1 is 1.29 bits per heavy atom. The molecule has 0 aliphatic rings. The van der Waals surface area contributed by atoms with E-state index >= 15 is 0 Å². The molecule has 1 aromatic rings. The summed E-state index contributed by atoms with van der Waals surface area (Å²) in [6, 6.07) is 5.19. The van der Waals surface area contributed by atoms with Crippen LogP contribution >= 0.6 is 0 Å². The molecular formula is C16H25N3O2. The van der Waals surface area contributed by atoms with Gasteiger partial charge < -0.3 is 15.5 Å². The number of amides is 3. The second-order valence-corrected chi connectivity index (χ2v) is 5.52. The monoisotopic (exact) mass is 291 g/mol. The molecule has 0 radical (unpaired) electrons. The van der Waals surface area contributed by atoms with Gasteiger partial charge in [0.15, 0.2) is 0 Å². The fraction of sp³-hybridized carbons (Fsp3) is 0.500. The third-order valence-electron chi connectivity index (χ3n) is 3.24. The van der Waals surface area contributed by atoms with E-state index in [1.54, 1.807) is 26.2 Å². The van der Waals surface area contributed by atoms with Crippen molar-refractivity contribution in [1.82, 2.24) is 10.2 Å². The van der Waals surface area contributed by atoms with Gasteiger partial charge in [-0.1, -0.05) is 19.4 Å². The molecule has 116 valence electrons. The van der Waals surface area contributed by atoms with Crippen LogP contribution in [0.4, 0.5) is 10.5 Å². The van der Waals surface area contributed by atoms with E-state index in [0.717, 1.165) is 18.4 Å². The van der Waals surface area contributed by atoms with Crippen molar-refractivity contribution in [2.24, 2.45) is 0 Å². The van der Waals surface area contributed by atoms with Crippen LogP contribution in [-0.2, 0) is 0 Å². The molecule has 0 fully saturated rings. The first-order valence-corrected chi connectivity index (χ1v) is 7.25. The van der Waals surface area contributed by atoms with E-state index < -0.39 is 0 Å². The highest BCUT2D eigenvalue weighted by atomic mass is 16.2. The Morgan fingerprint density at radius 3 is 2.52 bits per heavy atom. The smallest absolute Gasteiger partial charge is 0.319 e. The Labute approximate surface area is 126 Å². The number of hydrogen-bond donors (Lipinski definition) is 2. The standard InChI is InChI=1S/C16H25N3O2/c1-6-7-12(3)17-16(21)18-14-10-13(9-8-11(14)2)15(20)19(4)5/h8-10,12H,6-7H2,1-5H3,(H2,17,18,21)/t12-/m0/s1. The average molecular weight is 291 g/mol. The van der Waals surface area contributed by atoms with Crippen molar-refractivity contribution < 1.29 is 9.59 Å². The number of anilines is 1. The van der Waals surface area contributed by atoms with Gasteiger partial charge in [-0.2, -0.15) is 0 Å². The van der Waals surface area contributed by atoms with Crippen LogP contribution in [0.5, 0.6) is 0 Å². The molecule has 21 heavy (non-hydrogen) atoms. The lowest BCUT2D eigenvalue weighted by molar-refractivity contribution is 0.0827. The number of aryl methyl sites for hydroxylation is 1. The van der Waals surface area contributed by atoms with Gasteiger partial charge in [0.1, 0.15) is 0 Å². The number of carbonyl (C=O) groups is 2. The number of nitrogens with zero attached hydrogens (tertiary/aromatic N) is 1. The molecule has 0 aliphatic carbocycles. The molecule has 0 aliphatic heterocycles. The number of carbonyl (C=O) groups excluding carboxylic acids is 2. The highest BCUT2D eigenvalue weighted by molar-refractivity contribution is 5.97. The van der Waals surface area contributed by atoms with E-state index in [1.165, 1.54) is 4.90 Å². The molecule has 5 nitrogen and oxygen atoms in total. The van der Waals surface area contributed by atoms with Gasteiger partial charge in [-0.05, 0) is 38.0 Å². The van der Waals surface area contributed by atoms with Crippen molar-refractivity contribution in [2.45, 2.75) is 39.7 Å². The number of benzene rings is 1. The zero-order valence-electron chi connectivity index (χ0n) is 13.5. The van der Waals surface area contributed by atoms with Crippen molar-refractivity contribution in [3.05, 3.63) is 29.3 Å². The highest BCUT2D eigenvalue weighted by Gasteiger charge is 2.12. The van der Waals surface area contributed by atoms with Gasteiger partial charge >= 0.3 is 6.03 Å². The van der Waals surface area contributed by atoms with Gasteiger partial charge in [0, 0.05) is 31.4 Å². The molecule has 2 N–H and O–H groups in total. The maximum atomic E-state index is 12.0. The van der Waals surface area contributed by atoms with E-state index in [4.69, 9.17) is 0 Å². The van der Waals surface area contributed by atoms with Crippen LogP contribution in [0.15, 0.2) is 18.2 Å². The summed E-state index contributed by atoms with van der Waals surface area (Å²) >= 11 is 0. The van der Waals surface area contributed by atoms with Crippen molar-refractivity contribution in [1.29, 1.82) is 0 Å². The minimum Gasteiger partial charge on any atom is -0.345 e. The maximum Gasteiger partial charge on any atom is 0.319 e. The third kappa shape index (κ3) is 5.10. The molecule has 3 amide bonds. The number of hydrogen-bond acceptors (Lipinski definition) is 2.